The van der Waals surface area contributed by atoms with Crippen LogP contribution < -0.4 is 4.74 Å². The molecule has 0 amide bonds. The molecule has 1 aromatic rings. The fourth-order valence-corrected chi connectivity index (χ4v) is 1.91. The van der Waals surface area contributed by atoms with Crippen LogP contribution in [0.5, 0.6) is 5.75 Å². The summed E-state index contributed by atoms with van der Waals surface area (Å²) >= 11 is 0. The lowest BCUT2D eigenvalue weighted by Gasteiger charge is -2.11. The first-order chi connectivity index (χ1) is 9.33. The maximum atomic E-state index is 5.84. The molecule has 0 aromatic heterocycles. The quantitative estimate of drug-likeness (QED) is 0.549. The van der Waals surface area contributed by atoms with Gasteiger partial charge in [0.05, 0.1) is 6.61 Å². The van der Waals surface area contributed by atoms with Crippen molar-refractivity contribution in [2.75, 3.05) is 13.2 Å². The molecular formula is C17H22O2. The summed E-state index contributed by atoms with van der Waals surface area (Å²) in [5.74, 6) is 0.984. The van der Waals surface area contributed by atoms with E-state index in [4.69, 9.17) is 9.47 Å². The lowest BCUT2D eigenvalue weighted by molar-refractivity contribution is 0.261. The fraction of sp³-hybridized carbons (Fsp3) is 0.412. The molecular weight excluding hydrogens is 236 g/mol. The summed E-state index contributed by atoms with van der Waals surface area (Å²) in [6.45, 7) is 5.59. The number of rotatable bonds is 7. The van der Waals surface area contributed by atoms with Crippen molar-refractivity contribution < 1.29 is 9.47 Å². The predicted molar refractivity (Wildman–Crippen MR) is 78.7 cm³/mol. The second-order valence-corrected chi connectivity index (χ2v) is 4.75. The summed E-state index contributed by atoms with van der Waals surface area (Å²) in [5, 5.41) is 0. The molecule has 1 aliphatic rings. The van der Waals surface area contributed by atoms with Gasteiger partial charge in [0.25, 0.3) is 0 Å². The van der Waals surface area contributed by atoms with Crippen LogP contribution in [0.3, 0.4) is 0 Å². The van der Waals surface area contributed by atoms with Crippen LogP contribution >= 0.6 is 0 Å². The molecule has 0 bridgehead atoms. The Hall–Kier alpha value is -1.54. The van der Waals surface area contributed by atoms with Gasteiger partial charge in [-0.25, -0.2) is 0 Å². The second-order valence-electron chi connectivity index (χ2n) is 4.75. The molecule has 0 radical (unpaired) electrons. The van der Waals surface area contributed by atoms with Gasteiger partial charge in [0, 0.05) is 0 Å². The zero-order valence-corrected chi connectivity index (χ0v) is 11.8. The topological polar surface area (TPSA) is 21.8 Å². The number of benzene rings is 1. The molecule has 19 heavy (non-hydrogen) atoms. The summed E-state index contributed by atoms with van der Waals surface area (Å²) in [5.41, 5.74) is 2.58. The van der Waals surface area contributed by atoms with Gasteiger partial charge in [-0.15, -0.1) is 0 Å². The Morgan fingerprint density at radius 1 is 1.21 bits per heavy atom. The SMILES string of the molecule is CC=CCc1ccc(OCC2CO2)c(CC=CC)c1. The summed E-state index contributed by atoms with van der Waals surface area (Å²) in [7, 11) is 0. The summed E-state index contributed by atoms with van der Waals surface area (Å²) < 4.78 is 11.0. The molecule has 1 fully saturated rings. The van der Waals surface area contributed by atoms with Gasteiger partial charge in [-0.05, 0) is 43.9 Å². The van der Waals surface area contributed by atoms with Gasteiger partial charge in [0.2, 0.25) is 0 Å². The number of hydrogen-bond acceptors (Lipinski definition) is 2. The van der Waals surface area contributed by atoms with E-state index < -0.39 is 0 Å². The maximum Gasteiger partial charge on any atom is 0.122 e. The summed E-state index contributed by atoms with van der Waals surface area (Å²) in [4.78, 5) is 0. The van der Waals surface area contributed by atoms with E-state index in [9.17, 15) is 0 Å². The molecule has 2 nitrogen and oxygen atoms in total. The third-order valence-corrected chi connectivity index (χ3v) is 3.11. The van der Waals surface area contributed by atoms with Crippen molar-refractivity contribution in [2.45, 2.75) is 32.8 Å². The Balaban J connectivity index is 2.09. The van der Waals surface area contributed by atoms with Gasteiger partial charge in [0.15, 0.2) is 0 Å². The van der Waals surface area contributed by atoms with E-state index in [1.54, 1.807) is 0 Å². The van der Waals surface area contributed by atoms with Crippen LogP contribution in [-0.2, 0) is 17.6 Å². The standard InChI is InChI=1S/C17H22O2/c1-3-5-7-14-9-10-17(19-13-16-12-18-16)15(11-14)8-6-4-2/h3-6,9-11,16H,7-8,12-13H2,1-2H3. The van der Waals surface area contributed by atoms with Crippen LogP contribution in [0, 0.1) is 0 Å². The fourth-order valence-electron chi connectivity index (χ4n) is 1.91. The predicted octanol–water partition coefficient (Wildman–Crippen LogP) is 3.70. The average Bonchev–Trinajstić information content (AvgIpc) is 3.25. The van der Waals surface area contributed by atoms with Crippen LogP contribution in [0.4, 0.5) is 0 Å². The van der Waals surface area contributed by atoms with E-state index in [1.807, 2.05) is 13.8 Å². The molecule has 2 rings (SSSR count). The minimum absolute atomic E-state index is 0.303. The van der Waals surface area contributed by atoms with Crippen molar-refractivity contribution in [3.8, 4) is 5.75 Å². The highest BCUT2D eigenvalue weighted by Gasteiger charge is 2.23. The molecule has 0 saturated carbocycles. The molecule has 1 aliphatic heterocycles. The van der Waals surface area contributed by atoms with Gasteiger partial charge >= 0.3 is 0 Å². The van der Waals surface area contributed by atoms with Crippen molar-refractivity contribution in [1.82, 2.24) is 0 Å². The summed E-state index contributed by atoms with van der Waals surface area (Å²) in [6, 6.07) is 6.46. The Morgan fingerprint density at radius 3 is 2.63 bits per heavy atom. The molecule has 2 heteroatoms. The molecule has 1 saturated heterocycles. The minimum Gasteiger partial charge on any atom is -0.490 e. The molecule has 0 N–H and O–H groups in total. The van der Waals surface area contributed by atoms with Crippen molar-refractivity contribution in [1.29, 1.82) is 0 Å². The van der Waals surface area contributed by atoms with E-state index in [-0.39, 0.29) is 0 Å². The second kappa shape index (κ2) is 7.15. The van der Waals surface area contributed by atoms with Crippen molar-refractivity contribution in [2.24, 2.45) is 0 Å². The van der Waals surface area contributed by atoms with Gasteiger partial charge in [-0.1, -0.05) is 36.4 Å². The maximum absolute atomic E-state index is 5.84. The first kappa shape index (κ1) is 13.9. The van der Waals surface area contributed by atoms with Crippen LogP contribution in [-0.4, -0.2) is 19.3 Å². The highest BCUT2D eigenvalue weighted by atomic mass is 16.6. The third-order valence-electron chi connectivity index (χ3n) is 3.11. The normalized spacial score (nSPS) is 18.3. The van der Waals surface area contributed by atoms with Crippen molar-refractivity contribution >= 4 is 0 Å². The Labute approximate surface area is 115 Å². The number of allylic oxidation sites excluding steroid dienone is 4. The van der Waals surface area contributed by atoms with Crippen molar-refractivity contribution in [3.63, 3.8) is 0 Å². The zero-order valence-electron chi connectivity index (χ0n) is 11.8. The van der Waals surface area contributed by atoms with Crippen LogP contribution in [0.2, 0.25) is 0 Å². The molecule has 1 heterocycles. The van der Waals surface area contributed by atoms with E-state index in [2.05, 4.69) is 42.5 Å². The van der Waals surface area contributed by atoms with Gasteiger partial charge in [-0.2, -0.15) is 0 Å². The van der Waals surface area contributed by atoms with E-state index in [1.165, 1.54) is 11.1 Å². The largest absolute Gasteiger partial charge is 0.490 e. The molecule has 1 aromatic carbocycles. The number of ether oxygens (including phenoxy) is 2. The Kier molecular flexibility index (Phi) is 5.22. The third kappa shape index (κ3) is 4.56. The van der Waals surface area contributed by atoms with Gasteiger partial charge in [-0.3, -0.25) is 0 Å². The monoisotopic (exact) mass is 258 g/mol. The van der Waals surface area contributed by atoms with Crippen molar-refractivity contribution in [3.05, 3.63) is 53.6 Å². The summed E-state index contributed by atoms with van der Waals surface area (Å²) in [6.07, 6.45) is 10.7. The Bertz CT molecular complexity index is 456. The van der Waals surface area contributed by atoms with E-state index in [0.29, 0.717) is 12.7 Å². The van der Waals surface area contributed by atoms with Crippen LogP contribution in [0.1, 0.15) is 25.0 Å². The Morgan fingerprint density at radius 2 is 1.95 bits per heavy atom. The first-order valence-electron chi connectivity index (χ1n) is 6.92. The zero-order chi connectivity index (χ0) is 13.5. The van der Waals surface area contributed by atoms with Crippen LogP contribution in [0.25, 0.3) is 0 Å². The highest BCUT2D eigenvalue weighted by Crippen LogP contribution is 2.23. The average molecular weight is 258 g/mol. The molecule has 0 aliphatic carbocycles. The van der Waals surface area contributed by atoms with Gasteiger partial charge < -0.3 is 9.47 Å². The molecule has 1 atom stereocenters. The van der Waals surface area contributed by atoms with Gasteiger partial charge in [0.1, 0.15) is 18.5 Å². The molecule has 1 unspecified atom stereocenters. The highest BCUT2D eigenvalue weighted by molar-refractivity contribution is 5.39. The molecule has 102 valence electrons. The van der Waals surface area contributed by atoms with E-state index >= 15 is 0 Å². The minimum atomic E-state index is 0.303. The van der Waals surface area contributed by atoms with Crippen LogP contribution in [0.15, 0.2) is 42.5 Å². The first-order valence-corrected chi connectivity index (χ1v) is 6.92. The number of epoxide rings is 1. The number of hydrogen-bond donors (Lipinski definition) is 0. The van der Waals surface area contributed by atoms with E-state index in [0.717, 1.165) is 25.2 Å². The lowest BCUT2D eigenvalue weighted by atomic mass is 10.0. The smallest absolute Gasteiger partial charge is 0.122 e. The lowest BCUT2D eigenvalue weighted by Crippen LogP contribution is -2.06. The molecule has 0 spiro atoms.